The molecule has 25 aromatic rings. The number of aryl methyl sites for hydroxylation is 5. The van der Waals surface area contributed by atoms with E-state index in [0.717, 1.165) is 117 Å². The lowest BCUT2D eigenvalue weighted by Crippen LogP contribution is -1.99. The molecule has 12 aromatic heterocycles. The van der Waals surface area contributed by atoms with Gasteiger partial charge in [0.1, 0.15) is 5.75 Å². The number of ether oxygens (including phenoxy) is 1. The average molecular weight is 1710 g/mol. The fourth-order valence-corrected chi connectivity index (χ4v) is 19.4. The summed E-state index contributed by atoms with van der Waals surface area (Å²) in [6.07, 6.45) is 12.9. The van der Waals surface area contributed by atoms with Crippen LogP contribution in [0, 0.1) is 6.92 Å². The van der Waals surface area contributed by atoms with Crippen LogP contribution in [0.2, 0.25) is 0 Å². The first-order chi connectivity index (χ1) is 64.2. The molecular weight excluding hydrogens is 1620 g/mol. The monoisotopic (exact) mass is 1710 g/mol. The number of fused-ring (bicyclic) bond motifs is 15. The van der Waals surface area contributed by atoms with Crippen molar-refractivity contribution in [1.82, 2.24) is 77.1 Å². The molecular formula is C112H92N16OS. The number of methoxy groups -OCH3 is 1. The Balaban J connectivity index is 0.0000000984. The van der Waals surface area contributed by atoms with Crippen molar-refractivity contribution in [3.05, 3.63) is 399 Å². The van der Waals surface area contributed by atoms with E-state index < -0.39 is 0 Å². The van der Waals surface area contributed by atoms with Crippen molar-refractivity contribution in [3.8, 4) is 90.5 Å². The lowest BCUT2D eigenvalue weighted by atomic mass is 10.1. The largest absolute Gasteiger partial charge is 0.497 e. The van der Waals surface area contributed by atoms with Crippen LogP contribution in [0.15, 0.2) is 394 Å². The Bertz CT molecular complexity index is 8390. The van der Waals surface area contributed by atoms with Gasteiger partial charge in [-0.05, 0) is 228 Å². The molecule has 25 rings (SSSR count). The molecule has 12 heterocycles. The number of aromatic amines is 1. The van der Waals surface area contributed by atoms with Crippen LogP contribution in [-0.2, 0) is 26.2 Å². The predicted molar refractivity (Wildman–Crippen MR) is 536 cm³/mol. The van der Waals surface area contributed by atoms with Crippen LogP contribution in [0.4, 0.5) is 0 Å². The molecule has 13 aromatic carbocycles. The highest BCUT2D eigenvalue weighted by Gasteiger charge is 2.21. The molecule has 632 valence electrons. The van der Waals surface area contributed by atoms with Gasteiger partial charge in [0.15, 0.2) is 0 Å². The van der Waals surface area contributed by atoms with Crippen molar-refractivity contribution in [2.24, 2.45) is 0 Å². The van der Waals surface area contributed by atoms with Crippen molar-refractivity contribution in [3.63, 3.8) is 0 Å². The number of hydrogen-bond acceptors (Lipinski definition) is 8. The maximum atomic E-state index is 5.39. The number of hydrogen-bond donors (Lipinski definition) is 1. The van der Waals surface area contributed by atoms with Gasteiger partial charge < -0.3 is 28.0 Å². The molecule has 17 nitrogen and oxygen atoms in total. The molecule has 0 aliphatic rings. The van der Waals surface area contributed by atoms with Crippen LogP contribution in [0.1, 0.15) is 33.3 Å². The predicted octanol–water partition coefficient (Wildman–Crippen LogP) is 27.6. The van der Waals surface area contributed by atoms with Crippen LogP contribution in [0.25, 0.3) is 194 Å². The van der Waals surface area contributed by atoms with Gasteiger partial charge in [0.25, 0.3) is 0 Å². The summed E-state index contributed by atoms with van der Waals surface area (Å²) in [6, 6.07) is 119. The van der Waals surface area contributed by atoms with Crippen LogP contribution in [0.3, 0.4) is 0 Å². The van der Waals surface area contributed by atoms with Crippen molar-refractivity contribution >= 4 is 120 Å². The van der Waals surface area contributed by atoms with Crippen molar-refractivity contribution in [1.29, 1.82) is 0 Å². The molecule has 0 bridgehead atoms. The fourth-order valence-electron chi connectivity index (χ4n) is 18.8. The van der Waals surface area contributed by atoms with E-state index in [-0.39, 0.29) is 0 Å². The summed E-state index contributed by atoms with van der Waals surface area (Å²) in [4.78, 5) is 7.70. The third-order valence-electron chi connectivity index (χ3n) is 24.7. The van der Waals surface area contributed by atoms with E-state index in [1.54, 1.807) is 24.6 Å². The average Bonchev–Trinajstić information content (AvgIpc) is 1.61. The van der Waals surface area contributed by atoms with Gasteiger partial charge >= 0.3 is 0 Å². The minimum atomic E-state index is 0.840. The minimum absolute atomic E-state index is 0.840. The van der Waals surface area contributed by atoms with Gasteiger partial charge in [-0.1, -0.05) is 157 Å². The second-order valence-corrected chi connectivity index (χ2v) is 32.9. The van der Waals surface area contributed by atoms with Crippen LogP contribution < -0.4 is 4.74 Å². The minimum Gasteiger partial charge on any atom is -0.497 e. The highest BCUT2D eigenvalue weighted by atomic mass is 32.1. The van der Waals surface area contributed by atoms with Gasteiger partial charge in [0.05, 0.1) is 95.0 Å². The number of rotatable bonds is 15. The van der Waals surface area contributed by atoms with Crippen molar-refractivity contribution in [2.75, 3.05) is 7.11 Å². The zero-order valence-corrected chi connectivity index (χ0v) is 73.7. The van der Waals surface area contributed by atoms with Gasteiger partial charge in [0, 0.05) is 181 Å². The number of nitrogens with one attached hydrogen (secondary N) is 1. The molecule has 0 saturated carbocycles. The van der Waals surface area contributed by atoms with E-state index in [0.29, 0.717) is 0 Å². The maximum Gasteiger partial charge on any atom is 0.119 e. The summed E-state index contributed by atoms with van der Waals surface area (Å²) in [5.41, 5.74) is 30.2. The van der Waals surface area contributed by atoms with Crippen LogP contribution >= 0.6 is 11.3 Å². The van der Waals surface area contributed by atoms with E-state index in [2.05, 4.69) is 396 Å². The standard InChI is InChI=1S/C24H21N3O.C24H21N3.C22H18N4.C21H17N3S.C21H15N3/c1-3-26-23-10-5-4-9-20(23)21-16-18(11-12-24(21)26)27-22(13-14-25-27)17-7-6-8-19(15-17)28-2;1-3-26-23-10-5-4-9-20(23)21-16-19(11-12-24(21)26)27-22(13-14-25-27)18-8-6-7-17(2)15-18;1-2-25-21-8-4-3-7-18(21)19-14-17(9-10-22(19)25)26-20(11-13-24-26)16-6-5-12-23-15-16;1-2-23-20-6-4-3-5-17(20)18-13-16(7-8-21(18)23)24-19(9-11-22-24)15-10-12-25-14-15;1-2-6-15(7-3-1)21-12-13-22-24(21)16-10-11-20-18(14-16)17-8-4-5-9-19(17)23-20/h4-16H,3H2,1-2H3;4-16H,3H2,1-2H3;3-15H,2H2,1H3;3-14H,2H2,1H3;1-14,23H. The van der Waals surface area contributed by atoms with E-state index in [9.17, 15) is 0 Å². The molecule has 18 heteroatoms. The van der Waals surface area contributed by atoms with Gasteiger partial charge in [-0.25, -0.2) is 23.4 Å². The first-order valence-electron chi connectivity index (χ1n) is 44.2. The molecule has 0 radical (unpaired) electrons. The molecule has 0 spiro atoms. The van der Waals surface area contributed by atoms with E-state index in [1.807, 2.05) is 103 Å². The quantitative estimate of drug-likeness (QED) is 0.107. The summed E-state index contributed by atoms with van der Waals surface area (Å²) < 4.78 is 24.9. The second kappa shape index (κ2) is 35.2. The Hall–Kier alpha value is -16.4. The second-order valence-electron chi connectivity index (χ2n) is 32.1. The SMILES string of the molecule is CCn1c2ccccc2c2cc(-n3nccc3-c3cccc(C)c3)ccc21.CCn1c2ccccc2c2cc(-n3nccc3-c3cccc(OC)c3)ccc21.CCn1c2ccccc2c2cc(-n3nccc3-c3cccnc3)ccc21.CCn1c2ccccc2c2cc(-n3nccc3-c3ccsc3)ccc21.c1ccc(-c2ccnn2-c2ccc3[nH]c4ccccc4c3c2)cc1. The highest BCUT2D eigenvalue weighted by Crippen LogP contribution is 2.40. The molecule has 0 aliphatic heterocycles. The highest BCUT2D eigenvalue weighted by molar-refractivity contribution is 7.08. The van der Waals surface area contributed by atoms with Crippen LogP contribution in [-0.4, -0.2) is 84.2 Å². The molecule has 0 fully saturated rings. The summed E-state index contributed by atoms with van der Waals surface area (Å²) in [5, 5.41) is 39.8. The molecule has 0 amide bonds. The van der Waals surface area contributed by atoms with E-state index in [4.69, 9.17) is 4.74 Å². The van der Waals surface area contributed by atoms with Crippen LogP contribution in [0.5, 0.6) is 5.75 Å². The molecule has 0 saturated heterocycles. The number of nitrogens with zero attached hydrogens (tertiary/aromatic N) is 15. The Labute approximate surface area is 755 Å². The number of para-hydroxylation sites is 5. The van der Waals surface area contributed by atoms with E-state index in [1.165, 1.54) is 115 Å². The van der Waals surface area contributed by atoms with Crippen molar-refractivity contribution < 1.29 is 4.74 Å². The lowest BCUT2D eigenvalue weighted by molar-refractivity contribution is 0.415. The number of benzene rings is 13. The number of thiophene rings is 1. The third kappa shape index (κ3) is 14.9. The first kappa shape index (κ1) is 80.7. The zero-order valence-electron chi connectivity index (χ0n) is 72.9. The first-order valence-corrected chi connectivity index (χ1v) is 45.1. The number of aromatic nitrogens is 16. The summed E-state index contributed by atoms with van der Waals surface area (Å²) in [6.45, 7) is 14.7. The van der Waals surface area contributed by atoms with Gasteiger partial charge in [-0.3, -0.25) is 4.98 Å². The Morgan fingerprint density at radius 2 is 0.615 bits per heavy atom. The molecule has 130 heavy (non-hydrogen) atoms. The lowest BCUT2D eigenvalue weighted by Gasteiger charge is -2.10. The Morgan fingerprint density at radius 1 is 0.269 bits per heavy atom. The van der Waals surface area contributed by atoms with Gasteiger partial charge in [-0.2, -0.15) is 36.8 Å². The van der Waals surface area contributed by atoms with Gasteiger partial charge in [-0.15, -0.1) is 0 Å². The molecule has 0 atom stereocenters. The smallest absolute Gasteiger partial charge is 0.119 e. The normalized spacial score (nSPS) is 11.4. The van der Waals surface area contributed by atoms with Crippen molar-refractivity contribution in [2.45, 2.75) is 60.8 Å². The zero-order chi connectivity index (χ0) is 87.7. The molecule has 0 unspecified atom stereocenters. The molecule has 0 aliphatic carbocycles. The molecule has 1 N–H and O–H groups in total. The topological polar surface area (TPSA) is 147 Å². The fraction of sp³-hybridized carbons (Fsp3) is 0.0893. The Kier molecular flexibility index (Phi) is 21.8. The number of H-pyrrole nitrogens is 1. The van der Waals surface area contributed by atoms with E-state index >= 15 is 0 Å². The number of pyridine rings is 1. The summed E-state index contributed by atoms with van der Waals surface area (Å²) in [5.74, 6) is 0.840. The maximum absolute atomic E-state index is 5.39. The summed E-state index contributed by atoms with van der Waals surface area (Å²) >= 11 is 1.71. The summed E-state index contributed by atoms with van der Waals surface area (Å²) in [7, 11) is 1.69. The Morgan fingerprint density at radius 3 is 1.02 bits per heavy atom. The van der Waals surface area contributed by atoms with Gasteiger partial charge in [0.2, 0.25) is 0 Å². The third-order valence-corrected chi connectivity index (χ3v) is 25.4.